The smallest absolute Gasteiger partial charge is 0.412 e. The molecule has 0 aromatic carbocycles. The molecule has 0 amide bonds. The molecule has 0 saturated carbocycles. The molecule has 18 N–H and O–H groups in total. The topological polar surface area (TPSA) is 375 Å². The van der Waals surface area contributed by atoms with E-state index in [1.807, 2.05) is 0 Å². The van der Waals surface area contributed by atoms with Crippen molar-refractivity contribution in [3.63, 3.8) is 0 Å². The van der Waals surface area contributed by atoms with E-state index >= 15 is 0 Å². The van der Waals surface area contributed by atoms with Gasteiger partial charge in [0.15, 0.2) is 17.7 Å². The van der Waals surface area contributed by atoms with Crippen molar-refractivity contribution in [2.24, 2.45) is 0 Å². The van der Waals surface area contributed by atoms with Crippen LogP contribution in [0, 0.1) is 0 Å². The van der Waals surface area contributed by atoms with Crippen LogP contribution in [0.5, 0.6) is 0 Å². The van der Waals surface area contributed by atoms with Crippen LogP contribution in [0.3, 0.4) is 0 Å². The molecule has 29 heavy (non-hydrogen) atoms. The third-order valence-corrected chi connectivity index (χ3v) is 3.89. The summed E-state index contributed by atoms with van der Waals surface area (Å²) in [5.41, 5.74) is 6.25. The quantitative estimate of drug-likeness (QED) is 0.269. The van der Waals surface area contributed by atoms with Crippen molar-refractivity contribution in [3.05, 3.63) is 12.7 Å². The number of nitrogen functional groups attached to an aromatic ring is 1. The molecule has 0 unspecified atom stereocenters. The maximum Gasteiger partial charge on any atom is 0.469 e. The van der Waals surface area contributed by atoms with Crippen molar-refractivity contribution in [3.8, 4) is 0 Å². The molecule has 4 atom stereocenters. The van der Waals surface area contributed by atoms with E-state index in [9.17, 15) is 14.8 Å². The van der Waals surface area contributed by atoms with E-state index in [0.717, 1.165) is 0 Å². The van der Waals surface area contributed by atoms with Crippen molar-refractivity contribution >= 4 is 24.8 Å². The summed E-state index contributed by atoms with van der Waals surface area (Å²) in [4.78, 5) is 29.2. The molecule has 174 valence electrons. The molecule has 18 nitrogen and oxygen atoms in total. The van der Waals surface area contributed by atoms with Gasteiger partial charge in [0, 0.05) is 0 Å². The van der Waals surface area contributed by atoms with Crippen molar-refractivity contribution < 1.29 is 66.7 Å². The molecule has 3 heterocycles. The van der Waals surface area contributed by atoms with Crippen molar-refractivity contribution in [2.45, 2.75) is 24.5 Å². The average molecular weight is 455 g/mol. The SMILES string of the molecule is Nc1ncnc2c1ncn2[C@@H]1O[C@H](COP(=O)(O)O)[C@@H](O)[C@H]1O.O.O.O.O.O.O. The van der Waals surface area contributed by atoms with Gasteiger partial charge in [0.1, 0.15) is 30.2 Å². The zero-order valence-electron chi connectivity index (χ0n) is 14.5. The van der Waals surface area contributed by atoms with E-state index in [1.165, 1.54) is 17.2 Å². The monoisotopic (exact) mass is 455 g/mol. The summed E-state index contributed by atoms with van der Waals surface area (Å²) in [5, 5.41) is 20.1. The summed E-state index contributed by atoms with van der Waals surface area (Å²) in [6.45, 7) is -0.594. The van der Waals surface area contributed by atoms with Gasteiger partial charge < -0.3 is 63.3 Å². The van der Waals surface area contributed by atoms with Crippen molar-refractivity contribution in [1.82, 2.24) is 19.5 Å². The van der Waals surface area contributed by atoms with Crippen molar-refractivity contribution in [1.29, 1.82) is 0 Å². The first-order valence-corrected chi connectivity index (χ1v) is 7.95. The second-order valence-electron chi connectivity index (χ2n) is 4.92. The lowest BCUT2D eigenvalue weighted by molar-refractivity contribution is -0.0504. The molecule has 0 spiro atoms. The average Bonchev–Trinajstić information content (AvgIpc) is 3.01. The van der Waals surface area contributed by atoms with Gasteiger partial charge in [-0.05, 0) is 0 Å². The maximum absolute atomic E-state index is 10.7. The number of hydrogen-bond donors (Lipinski definition) is 5. The Hall–Kier alpha value is -1.90. The maximum atomic E-state index is 10.7. The summed E-state index contributed by atoms with van der Waals surface area (Å²) in [5.74, 6) is 0.142. The third kappa shape index (κ3) is 6.83. The lowest BCUT2D eigenvalue weighted by atomic mass is 10.1. The molecule has 0 bridgehead atoms. The van der Waals surface area contributed by atoms with Gasteiger partial charge in [-0.15, -0.1) is 0 Å². The van der Waals surface area contributed by atoms with Gasteiger partial charge in [-0.2, -0.15) is 0 Å². The van der Waals surface area contributed by atoms with Crippen LogP contribution in [-0.4, -0.2) is 97.3 Å². The number of anilines is 1. The zero-order valence-corrected chi connectivity index (χ0v) is 15.4. The standard InChI is InChI=1S/C10H14N5O7P.6H2O/c11-8-5-9(13-2-12-8)15(3-14-5)10-7(17)6(16)4(22-10)1-21-23(18,19)20;;;;;;/h2-4,6-7,10,16-17H,1H2,(H2,11,12,13)(H2,18,19,20);6*1H2/t4-,6-,7-,10-;;;;;;/m1....../s1. The Morgan fingerprint density at radius 3 is 2.21 bits per heavy atom. The van der Waals surface area contributed by atoms with E-state index in [0.29, 0.717) is 5.52 Å². The van der Waals surface area contributed by atoms with Crippen LogP contribution < -0.4 is 5.73 Å². The number of rotatable bonds is 4. The van der Waals surface area contributed by atoms with Crippen molar-refractivity contribution in [2.75, 3.05) is 12.3 Å². The Labute approximate surface area is 161 Å². The molecule has 1 saturated heterocycles. The predicted molar refractivity (Wildman–Crippen MR) is 95.3 cm³/mol. The predicted octanol–water partition coefficient (Wildman–Crippen LogP) is -6.81. The summed E-state index contributed by atoms with van der Waals surface area (Å²) >= 11 is 0. The third-order valence-electron chi connectivity index (χ3n) is 3.41. The van der Waals surface area contributed by atoms with Gasteiger partial charge in [-0.3, -0.25) is 9.09 Å². The molecule has 1 fully saturated rings. The van der Waals surface area contributed by atoms with Crippen LogP contribution in [0.4, 0.5) is 5.82 Å². The fourth-order valence-electron chi connectivity index (χ4n) is 2.32. The van der Waals surface area contributed by atoms with Gasteiger partial charge in [0.05, 0.1) is 12.9 Å². The highest BCUT2D eigenvalue weighted by atomic mass is 31.2. The summed E-state index contributed by atoms with van der Waals surface area (Å²) in [7, 11) is -4.72. The Morgan fingerprint density at radius 2 is 1.66 bits per heavy atom. The lowest BCUT2D eigenvalue weighted by Crippen LogP contribution is -2.33. The van der Waals surface area contributed by atoms with E-state index in [2.05, 4.69) is 19.5 Å². The molecule has 0 radical (unpaired) electrons. The first-order chi connectivity index (χ1) is 10.8. The first-order valence-electron chi connectivity index (χ1n) is 6.42. The number of phosphoric acid groups is 1. The van der Waals surface area contributed by atoms with Gasteiger partial charge >= 0.3 is 7.82 Å². The minimum atomic E-state index is -4.72. The second kappa shape index (κ2) is 12.6. The molecule has 2 aromatic rings. The fraction of sp³-hybridized carbons (Fsp3) is 0.500. The molecule has 19 heteroatoms. The Balaban J connectivity index is -0.000000521. The molecule has 0 aliphatic carbocycles. The van der Waals surface area contributed by atoms with Gasteiger partial charge in [-0.1, -0.05) is 0 Å². The number of aromatic nitrogens is 4. The minimum absolute atomic E-state index is 0. The first kappa shape index (κ1) is 34.6. The van der Waals surface area contributed by atoms with Gasteiger partial charge in [0.2, 0.25) is 0 Å². The Bertz CT molecular complexity index is 772. The fourth-order valence-corrected chi connectivity index (χ4v) is 2.66. The highest BCUT2D eigenvalue weighted by molar-refractivity contribution is 7.46. The Kier molecular flexibility index (Phi) is 15.1. The molecule has 1 aliphatic heterocycles. The van der Waals surface area contributed by atoms with E-state index in [1.54, 1.807) is 0 Å². The summed E-state index contributed by atoms with van der Waals surface area (Å²) in [6, 6.07) is 0. The van der Waals surface area contributed by atoms with Crippen LogP contribution in [-0.2, 0) is 13.8 Å². The second-order valence-corrected chi connectivity index (χ2v) is 6.15. The number of nitrogens with two attached hydrogens (primary N) is 1. The zero-order chi connectivity index (χ0) is 16.8. The summed E-state index contributed by atoms with van der Waals surface area (Å²) in [6.07, 6.45) is -2.49. The normalized spacial score (nSPS) is 22.6. The molecule has 3 rings (SSSR count). The largest absolute Gasteiger partial charge is 0.469 e. The molecule has 2 aromatic heterocycles. The van der Waals surface area contributed by atoms with E-state index < -0.39 is 39.0 Å². The number of aliphatic hydroxyl groups is 2. The number of phosphoric ester groups is 1. The van der Waals surface area contributed by atoms with E-state index in [4.69, 9.17) is 20.3 Å². The molecular weight excluding hydrogens is 429 g/mol. The molecular formula is C10H26N5O13P. The number of hydrogen-bond acceptors (Lipinski definition) is 9. The van der Waals surface area contributed by atoms with Crippen LogP contribution in [0.25, 0.3) is 11.2 Å². The highest BCUT2D eigenvalue weighted by Gasteiger charge is 2.45. The summed E-state index contributed by atoms with van der Waals surface area (Å²) < 4.78 is 21.8. The number of imidazole rings is 1. The van der Waals surface area contributed by atoms with Crippen LogP contribution in [0.15, 0.2) is 12.7 Å². The van der Waals surface area contributed by atoms with Crippen LogP contribution in [0.1, 0.15) is 6.23 Å². The number of fused-ring (bicyclic) bond motifs is 1. The number of aliphatic hydroxyl groups excluding tert-OH is 2. The molecule has 1 aliphatic rings. The Morgan fingerprint density at radius 1 is 1.07 bits per heavy atom. The van der Waals surface area contributed by atoms with Crippen LogP contribution in [0.2, 0.25) is 0 Å². The minimum Gasteiger partial charge on any atom is -0.412 e. The van der Waals surface area contributed by atoms with Gasteiger partial charge in [-0.25, -0.2) is 19.5 Å². The highest BCUT2D eigenvalue weighted by Crippen LogP contribution is 2.38. The van der Waals surface area contributed by atoms with Crippen LogP contribution >= 0.6 is 7.82 Å². The van der Waals surface area contributed by atoms with Gasteiger partial charge in [0.25, 0.3) is 0 Å². The lowest BCUT2D eigenvalue weighted by Gasteiger charge is -2.16. The number of ether oxygens (including phenoxy) is 1. The van der Waals surface area contributed by atoms with E-state index in [-0.39, 0.29) is 44.3 Å². The number of nitrogens with zero attached hydrogens (tertiary/aromatic N) is 4.